The summed E-state index contributed by atoms with van der Waals surface area (Å²) < 4.78 is 18.8. The van der Waals surface area contributed by atoms with Crippen molar-refractivity contribution >= 4 is 28.9 Å². The molecule has 7 heteroatoms. The Balaban J connectivity index is 2.23. The lowest BCUT2D eigenvalue weighted by molar-refractivity contribution is -0.384. The van der Waals surface area contributed by atoms with Crippen LogP contribution < -0.4 is 4.74 Å². The molecule has 0 aliphatic carbocycles. The van der Waals surface area contributed by atoms with Crippen molar-refractivity contribution in [3.63, 3.8) is 0 Å². The molecule has 0 aliphatic rings. The first-order valence-corrected chi connectivity index (χ1v) is 6.24. The van der Waals surface area contributed by atoms with Crippen LogP contribution in [0.3, 0.4) is 0 Å². The van der Waals surface area contributed by atoms with Gasteiger partial charge in [0.1, 0.15) is 6.61 Å². The van der Waals surface area contributed by atoms with Gasteiger partial charge in [-0.2, -0.15) is 0 Å². The largest absolute Gasteiger partial charge is 0.484 e. The van der Waals surface area contributed by atoms with E-state index in [1.807, 2.05) is 0 Å². The molecule has 2 aromatic carbocycles. The zero-order valence-corrected chi connectivity index (χ0v) is 11.5. The van der Waals surface area contributed by atoms with Crippen LogP contribution in [0, 0.1) is 15.9 Å². The van der Waals surface area contributed by atoms with Gasteiger partial charge in [-0.3, -0.25) is 10.1 Å². The molecule has 0 atom stereocenters. The number of rotatable bonds is 4. The van der Waals surface area contributed by atoms with Crippen molar-refractivity contribution in [3.05, 3.63) is 67.9 Å². The SMILES string of the molecule is O=[N+]([O-])c1ccc(Cl)c(COc2c(F)cccc2Cl)c1. The van der Waals surface area contributed by atoms with E-state index in [1.165, 1.54) is 36.4 Å². The third kappa shape index (κ3) is 3.18. The number of ether oxygens (including phenoxy) is 1. The zero-order chi connectivity index (χ0) is 14.7. The summed E-state index contributed by atoms with van der Waals surface area (Å²) >= 11 is 11.7. The molecule has 0 aliphatic heterocycles. The molecule has 0 radical (unpaired) electrons. The summed E-state index contributed by atoms with van der Waals surface area (Å²) in [5.74, 6) is -0.726. The molecule has 0 saturated carbocycles. The van der Waals surface area contributed by atoms with Gasteiger partial charge in [-0.05, 0) is 18.2 Å². The van der Waals surface area contributed by atoms with Gasteiger partial charge in [0.2, 0.25) is 0 Å². The zero-order valence-electron chi connectivity index (χ0n) is 9.98. The third-order valence-electron chi connectivity index (χ3n) is 2.53. The molecule has 0 fully saturated rings. The molecule has 0 N–H and O–H groups in total. The van der Waals surface area contributed by atoms with E-state index in [1.54, 1.807) is 0 Å². The van der Waals surface area contributed by atoms with Crippen LogP contribution in [0.25, 0.3) is 0 Å². The van der Waals surface area contributed by atoms with Crippen LogP contribution in [0.4, 0.5) is 10.1 Å². The molecule has 0 heterocycles. The summed E-state index contributed by atoms with van der Waals surface area (Å²) in [6.07, 6.45) is 0. The minimum absolute atomic E-state index is 0.114. The Morgan fingerprint density at radius 3 is 2.60 bits per heavy atom. The summed E-state index contributed by atoms with van der Waals surface area (Å²) in [4.78, 5) is 10.1. The topological polar surface area (TPSA) is 52.4 Å². The molecule has 0 spiro atoms. The Hall–Kier alpha value is -1.85. The molecule has 0 saturated heterocycles. The monoisotopic (exact) mass is 315 g/mol. The third-order valence-corrected chi connectivity index (χ3v) is 3.20. The van der Waals surface area contributed by atoms with Gasteiger partial charge in [-0.1, -0.05) is 29.3 Å². The van der Waals surface area contributed by atoms with Crippen LogP contribution in [0.1, 0.15) is 5.56 Å². The Morgan fingerprint density at radius 2 is 1.95 bits per heavy atom. The number of hydrogen-bond donors (Lipinski definition) is 0. The lowest BCUT2D eigenvalue weighted by Crippen LogP contribution is -2.00. The van der Waals surface area contributed by atoms with E-state index in [0.29, 0.717) is 10.6 Å². The Kier molecular flexibility index (Phi) is 4.42. The van der Waals surface area contributed by atoms with Gasteiger partial charge in [-0.15, -0.1) is 0 Å². The summed E-state index contributed by atoms with van der Waals surface area (Å²) in [7, 11) is 0. The van der Waals surface area contributed by atoms with Gasteiger partial charge >= 0.3 is 0 Å². The second-order valence-corrected chi connectivity index (χ2v) is 4.69. The van der Waals surface area contributed by atoms with Crippen LogP contribution in [0.15, 0.2) is 36.4 Å². The predicted molar refractivity (Wildman–Crippen MR) is 73.8 cm³/mol. The van der Waals surface area contributed by atoms with Gasteiger partial charge in [0.25, 0.3) is 5.69 Å². The van der Waals surface area contributed by atoms with Gasteiger partial charge in [-0.25, -0.2) is 4.39 Å². The van der Waals surface area contributed by atoms with Crippen molar-refractivity contribution in [2.75, 3.05) is 0 Å². The number of nitro benzene ring substituents is 1. The van der Waals surface area contributed by atoms with Gasteiger partial charge in [0, 0.05) is 22.7 Å². The lowest BCUT2D eigenvalue weighted by atomic mass is 10.2. The second-order valence-electron chi connectivity index (χ2n) is 3.87. The van der Waals surface area contributed by atoms with Crippen LogP contribution >= 0.6 is 23.2 Å². The van der Waals surface area contributed by atoms with E-state index in [-0.39, 0.29) is 23.1 Å². The highest BCUT2D eigenvalue weighted by Crippen LogP contribution is 2.29. The molecule has 104 valence electrons. The van der Waals surface area contributed by atoms with Crippen LogP contribution in [0.5, 0.6) is 5.75 Å². The highest BCUT2D eigenvalue weighted by Gasteiger charge is 2.13. The molecule has 2 rings (SSSR count). The fourth-order valence-corrected chi connectivity index (χ4v) is 1.95. The Morgan fingerprint density at radius 1 is 1.20 bits per heavy atom. The Labute approximate surface area is 123 Å². The maximum absolute atomic E-state index is 13.5. The lowest BCUT2D eigenvalue weighted by Gasteiger charge is -2.10. The first-order valence-electron chi connectivity index (χ1n) is 5.48. The van der Waals surface area contributed by atoms with Crippen molar-refractivity contribution in [2.45, 2.75) is 6.61 Å². The average Bonchev–Trinajstić information content (AvgIpc) is 2.39. The number of nitro groups is 1. The van der Waals surface area contributed by atoms with E-state index in [4.69, 9.17) is 27.9 Å². The van der Waals surface area contributed by atoms with Crippen molar-refractivity contribution in [1.82, 2.24) is 0 Å². The van der Waals surface area contributed by atoms with Gasteiger partial charge < -0.3 is 4.74 Å². The number of nitrogens with zero attached hydrogens (tertiary/aromatic N) is 1. The molecular weight excluding hydrogens is 308 g/mol. The fraction of sp³-hybridized carbons (Fsp3) is 0.0769. The van der Waals surface area contributed by atoms with Gasteiger partial charge in [0.15, 0.2) is 11.6 Å². The normalized spacial score (nSPS) is 10.3. The molecule has 0 bridgehead atoms. The van der Waals surface area contributed by atoms with E-state index in [9.17, 15) is 14.5 Å². The number of para-hydroxylation sites is 1. The first-order chi connectivity index (χ1) is 9.49. The molecule has 20 heavy (non-hydrogen) atoms. The smallest absolute Gasteiger partial charge is 0.269 e. The first kappa shape index (κ1) is 14.6. The van der Waals surface area contributed by atoms with Crippen LogP contribution in [-0.2, 0) is 6.61 Å². The molecule has 4 nitrogen and oxygen atoms in total. The van der Waals surface area contributed by atoms with Crippen molar-refractivity contribution in [2.24, 2.45) is 0 Å². The van der Waals surface area contributed by atoms with Crippen LogP contribution in [-0.4, -0.2) is 4.92 Å². The van der Waals surface area contributed by atoms with Crippen LogP contribution in [0.2, 0.25) is 10.0 Å². The highest BCUT2D eigenvalue weighted by molar-refractivity contribution is 6.32. The number of halogens is 3. The van der Waals surface area contributed by atoms with E-state index in [0.717, 1.165) is 0 Å². The second kappa shape index (κ2) is 6.07. The predicted octanol–water partition coefficient (Wildman–Crippen LogP) is 4.62. The molecule has 0 amide bonds. The molecule has 0 aromatic heterocycles. The molecular formula is C13H8Cl2FNO3. The number of non-ortho nitro benzene ring substituents is 1. The van der Waals surface area contributed by atoms with E-state index in [2.05, 4.69) is 0 Å². The van der Waals surface area contributed by atoms with Crippen molar-refractivity contribution in [3.8, 4) is 5.75 Å². The number of benzene rings is 2. The summed E-state index contributed by atoms with van der Waals surface area (Å²) in [6, 6.07) is 8.08. The molecule has 2 aromatic rings. The van der Waals surface area contributed by atoms with Crippen molar-refractivity contribution < 1.29 is 14.1 Å². The highest BCUT2D eigenvalue weighted by atomic mass is 35.5. The molecule has 0 unspecified atom stereocenters. The van der Waals surface area contributed by atoms with Gasteiger partial charge in [0.05, 0.1) is 9.95 Å². The van der Waals surface area contributed by atoms with E-state index < -0.39 is 10.7 Å². The Bertz CT molecular complexity index is 644. The minimum Gasteiger partial charge on any atom is -0.484 e. The summed E-state index contributed by atoms with van der Waals surface area (Å²) in [5, 5.41) is 11.1. The summed E-state index contributed by atoms with van der Waals surface area (Å²) in [5.41, 5.74) is 0.257. The quantitative estimate of drug-likeness (QED) is 0.611. The number of hydrogen-bond acceptors (Lipinski definition) is 3. The maximum atomic E-state index is 13.5. The summed E-state index contributed by atoms with van der Waals surface area (Å²) in [6.45, 7) is -0.124. The average molecular weight is 316 g/mol. The minimum atomic E-state index is -0.612. The van der Waals surface area contributed by atoms with Crippen molar-refractivity contribution in [1.29, 1.82) is 0 Å². The maximum Gasteiger partial charge on any atom is 0.269 e. The standard InChI is InChI=1S/C13H8Cl2FNO3/c14-10-5-4-9(17(18)19)6-8(10)7-20-13-11(15)2-1-3-12(13)16/h1-6H,7H2. The fourth-order valence-electron chi connectivity index (χ4n) is 1.56. The van der Waals surface area contributed by atoms with E-state index >= 15 is 0 Å².